The minimum absolute atomic E-state index is 0.686. The molecule has 1 aromatic carbocycles. The van der Waals surface area contributed by atoms with Gasteiger partial charge in [-0.05, 0) is 30.4 Å². The van der Waals surface area contributed by atoms with Crippen molar-refractivity contribution in [3.05, 3.63) is 54.4 Å². The van der Waals surface area contributed by atoms with E-state index in [1.165, 1.54) is 18.4 Å². The largest absolute Gasteiger partial charge is 0.312 e. The SMILES string of the molecule is c1ccc(C2CC(NCCn3cccn3)C2)cc1. The van der Waals surface area contributed by atoms with Crippen molar-refractivity contribution in [1.29, 1.82) is 0 Å². The highest BCUT2D eigenvalue weighted by atomic mass is 15.3. The second-order valence-corrected chi connectivity index (χ2v) is 5.00. The van der Waals surface area contributed by atoms with E-state index < -0.39 is 0 Å². The number of benzene rings is 1. The van der Waals surface area contributed by atoms with E-state index in [1.54, 1.807) is 0 Å². The Labute approximate surface area is 108 Å². The van der Waals surface area contributed by atoms with Crippen LogP contribution in [-0.4, -0.2) is 22.4 Å². The first-order valence-electron chi connectivity index (χ1n) is 6.67. The molecule has 0 atom stereocenters. The fourth-order valence-corrected chi connectivity index (χ4v) is 2.60. The van der Waals surface area contributed by atoms with Gasteiger partial charge in [0.15, 0.2) is 0 Å². The molecule has 0 unspecified atom stereocenters. The summed E-state index contributed by atoms with van der Waals surface area (Å²) in [6.45, 7) is 1.97. The molecule has 2 aromatic rings. The van der Waals surface area contributed by atoms with Gasteiger partial charge < -0.3 is 5.32 Å². The number of hydrogen-bond donors (Lipinski definition) is 1. The molecule has 0 bridgehead atoms. The molecule has 3 nitrogen and oxygen atoms in total. The fourth-order valence-electron chi connectivity index (χ4n) is 2.60. The normalized spacial score (nSPS) is 22.7. The predicted octanol–water partition coefficient (Wildman–Crippen LogP) is 2.42. The molecule has 1 aliphatic rings. The van der Waals surface area contributed by atoms with Crippen LogP contribution in [0.3, 0.4) is 0 Å². The zero-order valence-corrected chi connectivity index (χ0v) is 10.5. The molecule has 0 amide bonds. The van der Waals surface area contributed by atoms with Crippen molar-refractivity contribution in [3.63, 3.8) is 0 Å². The summed E-state index contributed by atoms with van der Waals surface area (Å²) in [5, 5.41) is 7.79. The summed E-state index contributed by atoms with van der Waals surface area (Å²) in [6.07, 6.45) is 6.37. The van der Waals surface area contributed by atoms with Gasteiger partial charge in [-0.3, -0.25) is 4.68 Å². The van der Waals surface area contributed by atoms with Gasteiger partial charge >= 0.3 is 0 Å². The number of nitrogens with one attached hydrogen (secondary N) is 1. The van der Waals surface area contributed by atoms with E-state index in [9.17, 15) is 0 Å². The van der Waals surface area contributed by atoms with Gasteiger partial charge in [0.1, 0.15) is 0 Å². The van der Waals surface area contributed by atoms with Crippen LogP contribution >= 0.6 is 0 Å². The van der Waals surface area contributed by atoms with Gasteiger partial charge in [0.05, 0.1) is 6.54 Å². The highest BCUT2D eigenvalue weighted by molar-refractivity contribution is 5.22. The molecular weight excluding hydrogens is 222 g/mol. The Bertz CT molecular complexity index is 458. The minimum Gasteiger partial charge on any atom is -0.312 e. The monoisotopic (exact) mass is 241 g/mol. The van der Waals surface area contributed by atoms with E-state index >= 15 is 0 Å². The Morgan fingerprint density at radius 2 is 2.00 bits per heavy atom. The van der Waals surface area contributed by atoms with Gasteiger partial charge in [0.2, 0.25) is 0 Å². The third kappa shape index (κ3) is 2.62. The maximum absolute atomic E-state index is 4.20. The van der Waals surface area contributed by atoms with Crippen LogP contribution in [0.5, 0.6) is 0 Å². The van der Waals surface area contributed by atoms with Gasteiger partial charge in [-0.2, -0.15) is 5.10 Å². The lowest BCUT2D eigenvalue weighted by Crippen LogP contribution is -2.41. The molecule has 94 valence electrons. The minimum atomic E-state index is 0.686. The van der Waals surface area contributed by atoms with Crippen LogP contribution in [-0.2, 0) is 6.54 Å². The first-order chi connectivity index (χ1) is 8.92. The molecule has 1 aromatic heterocycles. The van der Waals surface area contributed by atoms with Crippen molar-refractivity contribution in [2.75, 3.05) is 6.54 Å². The van der Waals surface area contributed by atoms with Crippen molar-refractivity contribution in [2.45, 2.75) is 31.3 Å². The van der Waals surface area contributed by atoms with E-state index in [4.69, 9.17) is 0 Å². The smallest absolute Gasteiger partial charge is 0.0534 e. The lowest BCUT2D eigenvalue weighted by molar-refractivity contribution is 0.286. The average molecular weight is 241 g/mol. The van der Waals surface area contributed by atoms with Crippen LogP contribution in [0, 0.1) is 0 Å². The molecule has 0 spiro atoms. The third-order valence-electron chi connectivity index (χ3n) is 3.74. The molecule has 3 rings (SSSR count). The number of nitrogens with zero attached hydrogens (tertiary/aromatic N) is 2. The first kappa shape index (κ1) is 11.5. The summed E-state index contributed by atoms with van der Waals surface area (Å²) in [6, 6.07) is 13.5. The second-order valence-electron chi connectivity index (χ2n) is 5.00. The summed E-state index contributed by atoms with van der Waals surface area (Å²) >= 11 is 0. The summed E-state index contributed by atoms with van der Waals surface area (Å²) < 4.78 is 1.97. The fraction of sp³-hybridized carbons (Fsp3) is 0.400. The maximum atomic E-state index is 4.20. The molecule has 1 heterocycles. The van der Waals surface area contributed by atoms with E-state index in [1.807, 2.05) is 23.1 Å². The Morgan fingerprint density at radius 1 is 1.17 bits per heavy atom. The number of hydrogen-bond acceptors (Lipinski definition) is 2. The molecule has 0 saturated heterocycles. The summed E-state index contributed by atoms with van der Waals surface area (Å²) in [5.74, 6) is 0.758. The summed E-state index contributed by atoms with van der Waals surface area (Å²) in [4.78, 5) is 0. The van der Waals surface area contributed by atoms with E-state index in [2.05, 4.69) is 40.7 Å². The van der Waals surface area contributed by atoms with Crippen molar-refractivity contribution >= 4 is 0 Å². The van der Waals surface area contributed by atoms with E-state index in [0.717, 1.165) is 19.0 Å². The second kappa shape index (κ2) is 5.36. The van der Waals surface area contributed by atoms with Crippen LogP contribution < -0.4 is 5.32 Å². The van der Waals surface area contributed by atoms with Crippen LogP contribution in [0.1, 0.15) is 24.3 Å². The van der Waals surface area contributed by atoms with Gasteiger partial charge in [0.25, 0.3) is 0 Å². The van der Waals surface area contributed by atoms with Crippen molar-refractivity contribution in [2.24, 2.45) is 0 Å². The zero-order chi connectivity index (χ0) is 12.2. The predicted molar refractivity (Wildman–Crippen MR) is 72.4 cm³/mol. The molecular formula is C15H19N3. The van der Waals surface area contributed by atoms with Crippen molar-refractivity contribution < 1.29 is 0 Å². The van der Waals surface area contributed by atoms with Crippen molar-refractivity contribution in [1.82, 2.24) is 15.1 Å². The van der Waals surface area contributed by atoms with Crippen LogP contribution in [0.4, 0.5) is 0 Å². The van der Waals surface area contributed by atoms with Gasteiger partial charge in [0, 0.05) is 25.0 Å². The summed E-state index contributed by atoms with van der Waals surface area (Å²) in [5.41, 5.74) is 1.49. The summed E-state index contributed by atoms with van der Waals surface area (Å²) in [7, 11) is 0. The molecule has 1 N–H and O–H groups in total. The third-order valence-corrected chi connectivity index (χ3v) is 3.74. The maximum Gasteiger partial charge on any atom is 0.0534 e. The van der Waals surface area contributed by atoms with E-state index in [0.29, 0.717) is 6.04 Å². The van der Waals surface area contributed by atoms with Gasteiger partial charge in [-0.1, -0.05) is 30.3 Å². The molecule has 3 heteroatoms. The van der Waals surface area contributed by atoms with Gasteiger partial charge in [-0.25, -0.2) is 0 Å². The van der Waals surface area contributed by atoms with E-state index in [-0.39, 0.29) is 0 Å². The van der Waals surface area contributed by atoms with Crippen LogP contribution in [0.15, 0.2) is 48.8 Å². The average Bonchev–Trinajstić information content (AvgIpc) is 2.86. The Morgan fingerprint density at radius 3 is 2.72 bits per heavy atom. The van der Waals surface area contributed by atoms with Crippen LogP contribution in [0.2, 0.25) is 0 Å². The molecule has 0 aliphatic heterocycles. The number of aromatic nitrogens is 2. The van der Waals surface area contributed by atoms with Gasteiger partial charge in [-0.15, -0.1) is 0 Å². The molecule has 1 fully saturated rings. The molecule has 0 radical (unpaired) electrons. The highest BCUT2D eigenvalue weighted by Gasteiger charge is 2.29. The lowest BCUT2D eigenvalue weighted by Gasteiger charge is -2.36. The molecule has 1 saturated carbocycles. The first-order valence-corrected chi connectivity index (χ1v) is 6.67. The number of rotatable bonds is 5. The Hall–Kier alpha value is -1.61. The quantitative estimate of drug-likeness (QED) is 0.871. The topological polar surface area (TPSA) is 29.9 Å². The Balaban J connectivity index is 1.38. The van der Waals surface area contributed by atoms with Crippen molar-refractivity contribution in [3.8, 4) is 0 Å². The zero-order valence-electron chi connectivity index (χ0n) is 10.5. The highest BCUT2D eigenvalue weighted by Crippen LogP contribution is 2.36. The standard InChI is InChI=1S/C15H19N3/c1-2-5-13(6-3-1)14-11-15(12-14)16-8-10-18-9-4-7-17-18/h1-7,9,14-16H,8,10-12H2. The lowest BCUT2D eigenvalue weighted by atomic mass is 9.76. The molecule has 18 heavy (non-hydrogen) atoms. The van der Waals surface area contributed by atoms with Crippen LogP contribution in [0.25, 0.3) is 0 Å². The molecule has 1 aliphatic carbocycles. The Kier molecular flexibility index (Phi) is 3.42.